The molecule has 0 saturated heterocycles. The van der Waals surface area contributed by atoms with Crippen molar-refractivity contribution < 1.29 is 9.53 Å². The average molecular weight is 393 g/mol. The number of carbonyl (C=O) groups excluding carboxylic acids is 1. The van der Waals surface area contributed by atoms with E-state index in [9.17, 15) is 4.79 Å². The zero-order valence-electron chi connectivity index (χ0n) is 15.6. The summed E-state index contributed by atoms with van der Waals surface area (Å²) in [6.07, 6.45) is 0.932. The third kappa shape index (κ3) is 3.56. The van der Waals surface area contributed by atoms with Crippen molar-refractivity contribution in [2.75, 3.05) is 23.9 Å². The minimum atomic E-state index is -0.425. The van der Waals surface area contributed by atoms with Crippen molar-refractivity contribution in [1.82, 2.24) is 0 Å². The van der Waals surface area contributed by atoms with Crippen molar-refractivity contribution in [2.45, 2.75) is 12.5 Å². The topological polar surface area (TPSA) is 41.6 Å². The SMILES string of the molecule is COc1ccc(NC(=O)[C@@H](c2ccccc2)N2CCc3ccccc32)cc1Cl. The van der Waals surface area contributed by atoms with Crippen molar-refractivity contribution in [3.05, 3.63) is 88.9 Å². The number of nitrogens with one attached hydrogen (secondary N) is 1. The first-order valence-electron chi connectivity index (χ1n) is 9.21. The Balaban J connectivity index is 1.67. The number of fused-ring (bicyclic) bond motifs is 1. The van der Waals surface area contributed by atoms with E-state index >= 15 is 0 Å². The Morgan fingerprint density at radius 2 is 1.82 bits per heavy atom. The Labute approximate surface area is 169 Å². The second kappa shape index (κ2) is 7.95. The number of halogens is 1. The molecule has 0 aliphatic carbocycles. The molecule has 1 aliphatic rings. The number of carbonyl (C=O) groups is 1. The lowest BCUT2D eigenvalue weighted by atomic mass is 10.0. The van der Waals surface area contributed by atoms with Gasteiger partial charge in [0.2, 0.25) is 0 Å². The fourth-order valence-electron chi connectivity index (χ4n) is 3.69. The van der Waals surface area contributed by atoms with Gasteiger partial charge in [-0.3, -0.25) is 4.79 Å². The van der Waals surface area contributed by atoms with Crippen molar-refractivity contribution in [1.29, 1.82) is 0 Å². The molecule has 0 bridgehead atoms. The number of para-hydroxylation sites is 1. The Bertz CT molecular complexity index is 991. The van der Waals surface area contributed by atoms with Gasteiger partial charge >= 0.3 is 0 Å². The summed E-state index contributed by atoms with van der Waals surface area (Å²) in [5.74, 6) is 0.483. The molecule has 1 aliphatic heterocycles. The number of methoxy groups -OCH3 is 1. The van der Waals surface area contributed by atoms with Crippen LogP contribution >= 0.6 is 11.6 Å². The summed E-state index contributed by atoms with van der Waals surface area (Å²) in [4.78, 5) is 15.5. The number of rotatable bonds is 5. The third-order valence-corrected chi connectivity index (χ3v) is 5.31. The normalized spacial score (nSPS) is 13.7. The Kier molecular flexibility index (Phi) is 5.22. The minimum absolute atomic E-state index is 0.0934. The monoisotopic (exact) mass is 392 g/mol. The molecule has 4 rings (SSSR count). The summed E-state index contributed by atoms with van der Waals surface area (Å²) in [5, 5.41) is 3.48. The van der Waals surface area contributed by atoms with E-state index in [1.807, 2.05) is 42.5 Å². The van der Waals surface area contributed by atoms with E-state index in [4.69, 9.17) is 16.3 Å². The molecule has 1 heterocycles. The molecule has 0 spiro atoms. The van der Waals surface area contributed by atoms with Crippen molar-refractivity contribution in [2.24, 2.45) is 0 Å². The molecule has 1 amide bonds. The van der Waals surface area contributed by atoms with Crippen LogP contribution < -0.4 is 15.0 Å². The number of nitrogens with zero attached hydrogens (tertiary/aromatic N) is 1. The van der Waals surface area contributed by atoms with Crippen LogP contribution in [-0.4, -0.2) is 19.6 Å². The molecule has 1 atom stereocenters. The highest BCUT2D eigenvalue weighted by molar-refractivity contribution is 6.32. The first kappa shape index (κ1) is 18.4. The Morgan fingerprint density at radius 1 is 1.07 bits per heavy atom. The molecular weight excluding hydrogens is 372 g/mol. The second-order valence-corrected chi connectivity index (χ2v) is 7.13. The molecule has 0 fully saturated rings. The van der Waals surface area contributed by atoms with Crippen LogP contribution in [0.15, 0.2) is 72.8 Å². The smallest absolute Gasteiger partial charge is 0.251 e. The first-order valence-corrected chi connectivity index (χ1v) is 9.59. The van der Waals surface area contributed by atoms with E-state index in [0.717, 1.165) is 24.2 Å². The standard InChI is InChI=1S/C23H21ClN2O2/c1-28-21-12-11-18(15-19(21)24)25-23(27)22(17-8-3-2-4-9-17)26-14-13-16-7-5-6-10-20(16)26/h2-12,15,22H,13-14H2,1H3,(H,25,27)/t22-/m1/s1. The summed E-state index contributed by atoms with van der Waals surface area (Å²) < 4.78 is 5.19. The van der Waals surface area contributed by atoms with Gasteiger partial charge in [0.1, 0.15) is 11.8 Å². The fraction of sp³-hybridized carbons (Fsp3) is 0.174. The predicted molar refractivity (Wildman–Crippen MR) is 113 cm³/mol. The summed E-state index contributed by atoms with van der Waals surface area (Å²) in [7, 11) is 1.57. The zero-order valence-corrected chi connectivity index (χ0v) is 16.3. The molecule has 28 heavy (non-hydrogen) atoms. The van der Waals surface area contributed by atoms with Gasteiger partial charge in [-0.2, -0.15) is 0 Å². The highest BCUT2D eigenvalue weighted by Crippen LogP contribution is 2.36. The lowest BCUT2D eigenvalue weighted by Gasteiger charge is -2.30. The van der Waals surface area contributed by atoms with Gasteiger partial charge in [-0.25, -0.2) is 0 Å². The molecule has 4 nitrogen and oxygen atoms in total. The number of hydrogen-bond acceptors (Lipinski definition) is 3. The van der Waals surface area contributed by atoms with Gasteiger partial charge < -0.3 is 15.0 Å². The average Bonchev–Trinajstić information content (AvgIpc) is 3.13. The number of ether oxygens (including phenoxy) is 1. The van der Waals surface area contributed by atoms with Gasteiger partial charge in [0, 0.05) is 17.9 Å². The maximum Gasteiger partial charge on any atom is 0.251 e. The first-order chi connectivity index (χ1) is 13.7. The van der Waals surface area contributed by atoms with Crippen LogP contribution in [0.5, 0.6) is 5.75 Å². The predicted octanol–water partition coefficient (Wildman–Crippen LogP) is 5.09. The highest BCUT2D eigenvalue weighted by Gasteiger charge is 2.32. The van der Waals surface area contributed by atoms with Gasteiger partial charge in [0.05, 0.1) is 12.1 Å². The summed E-state index contributed by atoms with van der Waals surface area (Å²) in [6, 6.07) is 22.9. The van der Waals surface area contributed by atoms with Gasteiger partial charge in [-0.1, -0.05) is 60.1 Å². The largest absolute Gasteiger partial charge is 0.495 e. The minimum Gasteiger partial charge on any atom is -0.495 e. The molecule has 0 radical (unpaired) electrons. The van der Waals surface area contributed by atoms with Crippen LogP contribution in [0.4, 0.5) is 11.4 Å². The van der Waals surface area contributed by atoms with Crippen LogP contribution in [0.2, 0.25) is 5.02 Å². The lowest BCUT2D eigenvalue weighted by molar-refractivity contribution is -0.117. The molecule has 142 valence electrons. The fourth-order valence-corrected chi connectivity index (χ4v) is 3.95. The van der Waals surface area contributed by atoms with Crippen LogP contribution in [0, 0.1) is 0 Å². The Morgan fingerprint density at radius 3 is 2.57 bits per heavy atom. The van der Waals surface area contributed by atoms with Crippen LogP contribution in [0.3, 0.4) is 0 Å². The molecule has 0 saturated carbocycles. The molecule has 5 heteroatoms. The maximum atomic E-state index is 13.3. The quantitative estimate of drug-likeness (QED) is 0.657. The molecular formula is C23H21ClN2O2. The Hall–Kier alpha value is -2.98. The lowest BCUT2D eigenvalue weighted by Crippen LogP contribution is -2.36. The number of benzene rings is 3. The van der Waals surface area contributed by atoms with Gasteiger partial charge in [-0.15, -0.1) is 0 Å². The van der Waals surface area contributed by atoms with E-state index < -0.39 is 6.04 Å². The zero-order chi connectivity index (χ0) is 19.5. The van der Waals surface area contributed by atoms with Crippen LogP contribution in [0.1, 0.15) is 17.2 Å². The van der Waals surface area contributed by atoms with Gasteiger partial charge in [0.25, 0.3) is 5.91 Å². The van der Waals surface area contributed by atoms with E-state index in [-0.39, 0.29) is 5.91 Å². The molecule has 3 aromatic carbocycles. The second-order valence-electron chi connectivity index (χ2n) is 6.72. The van der Waals surface area contributed by atoms with E-state index in [1.165, 1.54) is 5.56 Å². The summed E-state index contributed by atoms with van der Waals surface area (Å²) >= 11 is 6.22. The van der Waals surface area contributed by atoms with E-state index in [1.54, 1.807) is 25.3 Å². The van der Waals surface area contributed by atoms with Crippen LogP contribution in [0.25, 0.3) is 0 Å². The number of amides is 1. The third-order valence-electron chi connectivity index (χ3n) is 5.02. The highest BCUT2D eigenvalue weighted by atomic mass is 35.5. The van der Waals surface area contributed by atoms with Gasteiger partial charge in [-0.05, 0) is 41.8 Å². The van der Waals surface area contributed by atoms with Crippen molar-refractivity contribution in [3.63, 3.8) is 0 Å². The van der Waals surface area contributed by atoms with E-state index in [2.05, 4.69) is 22.3 Å². The van der Waals surface area contributed by atoms with Crippen molar-refractivity contribution in [3.8, 4) is 5.75 Å². The molecule has 0 unspecified atom stereocenters. The molecule has 3 aromatic rings. The van der Waals surface area contributed by atoms with E-state index in [0.29, 0.717) is 16.5 Å². The summed E-state index contributed by atoms with van der Waals surface area (Å²) in [6.45, 7) is 0.801. The molecule has 1 N–H and O–H groups in total. The maximum absolute atomic E-state index is 13.3. The number of hydrogen-bond donors (Lipinski definition) is 1. The number of anilines is 2. The summed E-state index contributed by atoms with van der Waals surface area (Å²) in [5.41, 5.74) is 3.98. The van der Waals surface area contributed by atoms with Crippen molar-refractivity contribution >= 4 is 28.9 Å². The molecule has 0 aromatic heterocycles. The van der Waals surface area contributed by atoms with Crippen LogP contribution in [-0.2, 0) is 11.2 Å². The van der Waals surface area contributed by atoms with Gasteiger partial charge in [0.15, 0.2) is 0 Å².